The molecule has 1 aromatic heterocycles. The van der Waals surface area contributed by atoms with E-state index in [1.54, 1.807) is 14.0 Å². The van der Waals surface area contributed by atoms with Gasteiger partial charge in [0.25, 0.3) is 0 Å². The standard InChI is InChI=1S/C8H9Cl3N2O2/c1-3-6(14)15-5-4-13(2)12-7(5)8(9,10)11/h4H,3H2,1-2H3. The quantitative estimate of drug-likeness (QED) is 0.613. The molecule has 0 N–H and O–H groups in total. The molecular weight excluding hydrogens is 262 g/mol. The number of aromatic nitrogens is 2. The molecule has 0 aliphatic rings. The van der Waals surface area contributed by atoms with Gasteiger partial charge in [0.2, 0.25) is 3.79 Å². The third-order valence-corrected chi connectivity index (χ3v) is 2.11. The van der Waals surface area contributed by atoms with Crippen LogP contribution in [0, 0.1) is 0 Å². The molecule has 0 saturated carbocycles. The van der Waals surface area contributed by atoms with Crippen molar-refractivity contribution in [2.75, 3.05) is 0 Å². The van der Waals surface area contributed by atoms with E-state index in [0.717, 1.165) is 0 Å². The van der Waals surface area contributed by atoms with Crippen LogP contribution in [0.1, 0.15) is 19.0 Å². The minimum absolute atomic E-state index is 0.108. The van der Waals surface area contributed by atoms with Crippen molar-refractivity contribution in [1.29, 1.82) is 0 Å². The molecule has 4 nitrogen and oxygen atoms in total. The fraction of sp³-hybridized carbons (Fsp3) is 0.500. The minimum atomic E-state index is -1.70. The minimum Gasteiger partial charge on any atom is -0.423 e. The monoisotopic (exact) mass is 270 g/mol. The first kappa shape index (κ1) is 12.6. The van der Waals surface area contributed by atoms with E-state index in [-0.39, 0.29) is 17.9 Å². The molecule has 84 valence electrons. The number of hydrogen-bond acceptors (Lipinski definition) is 3. The summed E-state index contributed by atoms with van der Waals surface area (Å²) in [6.07, 6.45) is 1.72. The van der Waals surface area contributed by atoms with Gasteiger partial charge in [-0.2, -0.15) is 5.10 Å². The molecule has 0 unspecified atom stereocenters. The summed E-state index contributed by atoms with van der Waals surface area (Å²) in [5.74, 6) is -0.233. The van der Waals surface area contributed by atoms with Crippen molar-refractivity contribution >= 4 is 40.8 Å². The molecule has 0 aliphatic heterocycles. The van der Waals surface area contributed by atoms with Gasteiger partial charge >= 0.3 is 5.97 Å². The van der Waals surface area contributed by atoms with Crippen LogP contribution in [-0.2, 0) is 15.6 Å². The van der Waals surface area contributed by atoms with Crippen molar-refractivity contribution in [3.8, 4) is 5.75 Å². The highest BCUT2D eigenvalue weighted by atomic mass is 35.6. The van der Waals surface area contributed by atoms with E-state index in [1.807, 2.05) is 0 Å². The number of ether oxygens (including phenoxy) is 1. The summed E-state index contributed by atoms with van der Waals surface area (Å²) in [6.45, 7) is 1.67. The van der Waals surface area contributed by atoms with Gasteiger partial charge in [0, 0.05) is 13.5 Å². The van der Waals surface area contributed by atoms with Crippen molar-refractivity contribution in [1.82, 2.24) is 9.78 Å². The Hall–Kier alpha value is -0.450. The molecule has 0 atom stereocenters. The van der Waals surface area contributed by atoms with Gasteiger partial charge in [0.15, 0.2) is 11.4 Å². The van der Waals surface area contributed by atoms with E-state index < -0.39 is 9.76 Å². The van der Waals surface area contributed by atoms with Gasteiger partial charge in [0.05, 0.1) is 6.20 Å². The normalized spacial score (nSPS) is 11.5. The number of esters is 1. The Bertz CT molecular complexity index is 370. The van der Waals surface area contributed by atoms with Crippen LogP contribution in [-0.4, -0.2) is 15.7 Å². The largest absolute Gasteiger partial charge is 0.423 e. The highest BCUT2D eigenvalue weighted by Gasteiger charge is 2.31. The number of hydrogen-bond donors (Lipinski definition) is 0. The lowest BCUT2D eigenvalue weighted by atomic mass is 10.4. The Kier molecular flexibility index (Phi) is 3.87. The first-order chi connectivity index (χ1) is 6.84. The Labute approximate surface area is 102 Å². The summed E-state index contributed by atoms with van der Waals surface area (Å²) in [5, 5.41) is 3.91. The molecule has 1 aromatic rings. The third-order valence-electron chi connectivity index (χ3n) is 1.58. The Balaban J connectivity index is 3.02. The molecule has 0 bridgehead atoms. The molecule has 1 heterocycles. The van der Waals surface area contributed by atoms with E-state index in [4.69, 9.17) is 39.5 Å². The molecule has 0 saturated heterocycles. The first-order valence-corrected chi connectivity index (χ1v) is 5.29. The van der Waals surface area contributed by atoms with Gasteiger partial charge in [0.1, 0.15) is 0 Å². The highest BCUT2D eigenvalue weighted by molar-refractivity contribution is 6.66. The van der Waals surface area contributed by atoms with Gasteiger partial charge in [-0.1, -0.05) is 41.7 Å². The summed E-state index contributed by atoms with van der Waals surface area (Å²) in [6, 6.07) is 0. The Morgan fingerprint density at radius 1 is 1.60 bits per heavy atom. The summed E-state index contributed by atoms with van der Waals surface area (Å²) in [4.78, 5) is 11.1. The van der Waals surface area contributed by atoms with Gasteiger partial charge < -0.3 is 4.74 Å². The molecule has 0 amide bonds. The van der Waals surface area contributed by atoms with Crippen LogP contribution < -0.4 is 4.74 Å². The topological polar surface area (TPSA) is 44.1 Å². The van der Waals surface area contributed by atoms with Crippen LogP contribution in [0.15, 0.2) is 6.20 Å². The van der Waals surface area contributed by atoms with Gasteiger partial charge in [-0.25, -0.2) is 0 Å². The van der Waals surface area contributed by atoms with Crippen molar-refractivity contribution in [2.45, 2.75) is 17.1 Å². The lowest BCUT2D eigenvalue weighted by Crippen LogP contribution is -2.10. The van der Waals surface area contributed by atoms with E-state index in [0.29, 0.717) is 0 Å². The molecule has 15 heavy (non-hydrogen) atoms. The maximum absolute atomic E-state index is 11.1. The van der Waals surface area contributed by atoms with E-state index >= 15 is 0 Å². The fourth-order valence-corrected chi connectivity index (χ4v) is 1.33. The van der Waals surface area contributed by atoms with Crippen molar-refractivity contribution in [3.63, 3.8) is 0 Å². The number of rotatable bonds is 2. The molecule has 0 fully saturated rings. The van der Waals surface area contributed by atoms with Crippen LogP contribution in [0.5, 0.6) is 5.75 Å². The van der Waals surface area contributed by atoms with Crippen LogP contribution >= 0.6 is 34.8 Å². The lowest BCUT2D eigenvalue weighted by molar-refractivity contribution is -0.134. The van der Waals surface area contributed by atoms with E-state index in [2.05, 4.69) is 5.10 Å². The van der Waals surface area contributed by atoms with E-state index in [1.165, 1.54) is 10.9 Å². The number of carbonyl (C=O) groups is 1. The Morgan fingerprint density at radius 2 is 2.20 bits per heavy atom. The van der Waals surface area contributed by atoms with Crippen molar-refractivity contribution in [2.24, 2.45) is 7.05 Å². The number of carbonyl (C=O) groups excluding carboxylic acids is 1. The molecule has 0 radical (unpaired) electrons. The highest BCUT2D eigenvalue weighted by Crippen LogP contribution is 2.41. The molecule has 1 rings (SSSR count). The lowest BCUT2D eigenvalue weighted by Gasteiger charge is -2.09. The van der Waals surface area contributed by atoms with Crippen molar-refractivity contribution in [3.05, 3.63) is 11.9 Å². The van der Waals surface area contributed by atoms with Gasteiger partial charge in [-0.3, -0.25) is 9.48 Å². The second kappa shape index (κ2) is 4.60. The maximum atomic E-state index is 11.1. The molecule has 0 aromatic carbocycles. The van der Waals surface area contributed by atoms with Crippen LogP contribution in [0.4, 0.5) is 0 Å². The average molecular weight is 272 g/mol. The van der Waals surface area contributed by atoms with E-state index in [9.17, 15) is 4.79 Å². The zero-order valence-corrected chi connectivity index (χ0v) is 10.4. The SMILES string of the molecule is CCC(=O)Oc1cn(C)nc1C(Cl)(Cl)Cl. The summed E-state index contributed by atoms with van der Waals surface area (Å²) < 4.78 is 4.67. The Morgan fingerprint density at radius 3 is 2.67 bits per heavy atom. The smallest absolute Gasteiger partial charge is 0.311 e. The number of aryl methyl sites for hydroxylation is 1. The van der Waals surface area contributed by atoms with Crippen LogP contribution in [0.25, 0.3) is 0 Å². The van der Waals surface area contributed by atoms with Crippen LogP contribution in [0.3, 0.4) is 0 Å². The predicted molar refractivity (Wildman–Crippen MR) is 58.4 cm³/mol. The third kappa shape index (κ3) is 3.26. The van der Waals surface area contributed by atoms with Gasteiger partial charge in [-0.05, 0) is 0 Å². The maximum Gasteiger partial charge on any atom is 0.311 e. The molecular formula is C8H9Cl3N2O2. The second-order valence-electron chi connectivity index (χ2n) is 2.84. The average Bonchev–Trinajstić information content (AvgIpc) is 2.45. The van der Waals surface area contributed by atoms with Crippen molar-refractivity contribution < 1.29 is 9.53 Å². The van der Waals surface area contributed by atoms with Crippen LogP contribution in [0.2, 0.25) is 0 Å². The summed E-state index contributed by atoms with van der Waals surface area (Å²) in [7, 11) is 1.64. The number of alkyl halides is 3. The fourth-order valence-electron chi connectivity index (χ4n) is 0.933. The summed E-state index contributed by atoms with van der Waals surface area (Å²) >= 11 is 17.0. The second-order valence-corrected chi connectivity index (χ2v) is 5.12. The zero-order chi connectivity index (χ0) is 11.6. The molecule has 0 spiro atoms. The predicted octanol–water partition coefficient (Wildman–Crippen LogP) is 2.56. The van der Waals surface area contributed by atoms with Gasteiger partial charge in [-0.15, -0.1) is 0 Å². The first-order valence-electron chi connectivity index (χ1n) is 4.16. The number of halogens is 3. The zero-order valence-electron chi connectivity index (χ0n) is 8.13. The number of nitrogens with zero attached hydrogens (tertiary/aromatic N) is 2. The summed E-state index contributed by atoms with van der Waals surface area (Å²) in [5.41, 5.74) is 0.108. The molecule has 7 heteroatoms. The molecule has 0 aliphatic carbocycles.